The van der Waals surface area contributed by atoms with Crippen molar-refractivity contribution in [1.82, 2.24) is 5.32 Å². The average molecular weight is 311 g/mol. The molecule has 5 heteroatoms. The number of nitriles is 1. The fourth-order valence-corrected chi connectivity index (χ4v) is 1.94. The number of nitrogens with zero attached hydrogens (tertiary/aromatic N) is 1. The van der Waals surface area contributed by atoms with Gasteiger partial charge in [-0.3, -0.25) is 0 Å². The summed E-state index contributed by atoms with van der Waals surface area (Å²) < 4.78 is 10.8. The van der Waals surface area contributed by atoms with Gasteiger partial charge in [0.1, 0.15) is 5.75 Å². The molecule has 0 aliphatic heterocycles. The molecule has 116 valence electrons. The lowest BCUT2D eigenvalue weighted by molar-refractivity contribution is 0.199. The Labute approximate surface area is 132 Å². The lowest BCUT2D eigenvalue weighted by Crippen LogP contribution is -2.19. The molecule has 1 N–H and O–H groups in total. The molecule has 0 unspecified atom stereocenters. The van der Waals surface area contributed by atoms with Gasteiger partial charge in [-0.1, -0.05) is 17.7 Å². The number of rotatable bonds is 9. The molecule has 0 heterocycles. The Hall–Kier alpha value is -1.28. The van der Waals surface area contributed by atoms with E-state index in [1.54, 1.807) is 7.11 Å². The third-order valence-electron chi connectivity index (χ3n) is 3.15. The third-order valence-corrected chi connectivity index (χ3v) is 3.50. The molecule has 0 fully saturated rings. The number of benzene rings is 1. The summed E-state index contributed by atoms with van der Waals surface area (Å²) >= 11 is 6.23. The number of halogens is 1. The van der Waals surface area contributed by atoms with Crippen molar-refractivity contribution in [2.75, 3.05) is 26.9 Å². The van der Waals surface area contributed by atoms with Gasteiger partial charge in [-0.25, -0.2) is 0 Å². The zero-order valence-corrected chi connectivity index (χ0v) is 13.7. The van der Waals surface area contributed by atoms with Gasteiger partial charge >= 0.3 is 0 Å². The second-order valence-electron chi connectivity index (χ2n) is 5.48. The van der Waals surface area contributed by atoms with Crippen LogP contribution >= 0.6 is 11.6 Å². The van der Waals surface area contributed by atoms with Crippen molar-refractivity contribution in [3.63, 3.8) is 0 Å². The summed E-state index contributed by atoms with van der Waals surface area (Å²) in [4.78, 5) is 0. The Bertz CT molecular complexity index is 484. The van der Waals surface area contributed by atoms with Gasteiger partial charge in [0.15, 0.2) is 0 Å². The molecule has 0 amide bonds. The Kier molecular flexibility index (Phi) is 7.52. The van der Waals surface area contributed by atoms with Crippen molar-refractivity contribution in [3.05, 3.63) is 28.8 Å². The first-order chi connectivity index (χ1) is 10.00. The minimum Gasteiger partial charge on any atom is -0.493 e. The molecule has 0 spiro atoms. The van der Waals surface area contributed by atoms with Crippen molar-refractivity contribution in [1.29, 1.82) is 5.26 Å². The highest BCUT2D eigenvalue weighted by atomic mass is 35.5. The predicted octanol–water partition coefficient (Wildman–Crippen LogP) is 3.39. The van der Waals surface area contributed by atoms with Crippen molar-refractivity contribution in [2.45, 2.75) is 26.8 Å². The first kappa shape index (κ1) is 17.8. The number of nitrogens with one attached hydrogen (secondary N) is 1. The summed E-state index contributed by atoms with van der Waals surface area (Å²) in [5.74, 6) is 0.765. The van der Waals surface area contributed by atoms with E-state index in [4.69, 9.17) is 26.3 Å². The van der Waals surface area contributed by atoms with Gasteiger partial charge in [0.25, 0.3) is 0 Å². The molecular weight excluding hydrogens is 288 g/mol. The predicted molar refractivity (Wildman–Crippen MR) is 84.5 cm³/mol. The van der Waals surface area contributed by atoms with E-state index in [0.717, 1.165) is 17.9 Å². The highest BCUT2D eigenvalue weighted by Gasteiger charge is 2.17. The van der Waals surface area contributed by atoms with Crippen molar-refractivity contribution < 1.29 is 9.47 Å². The van der Waals surface area contributed by atoms with E-state index in [9.17, 15) is 0 Å². The monoisotopic (exact) mass is 310 g/mol. The van der Waals surface area contributed by atoms with Gasteiger partial charge in [-0.15, -0.1) is 0 Å². The van der Waals surface area contributed by atoms with E-state index in [1.165, 1.54) is 0 Å². The summed E-state index contributed by atoms with van der Waals surface area (Å²) in [6.45, 7) is 6.33. The van der Waals surface area contributed by atoms with Gasteiger partial charge in [0.05, 0.1) is 24.7 Å². The smallest absolute Gasteiger partial charge is 0.125 e. The first-order valence-electron chi connectivity index (χ1n) is 7.01. The maximum atomic E-state index is 9.01. The molecule has 0 saturated carbocycles. The molecule has 0 aromatic heterocycles. The van der Waals surface area contributed by atoms with Crippen molar-refractivity contribution >= 4 is 11.6 Å². The Morgan fingerprint density at radius 1 is 1.33 bits per heavy atom. The number of methoxy groups -OCH3 is 1. The number of hydrogen-bond donors (Lipinski definition) is 1. The topological polar surface area (TPSA) is 54.3 Å². The third kappa shape index (κ3) is 6.34. The molecule has 0 saturated heterocycles. The minimum atomic E-state index is -0.380. The fourth-order valence-electron chi connectivity index (χ4n) is 1.71. The second kappa shape index (κ2) is 8.89. The van der Waals surface area contributed by atoms with Gasteiger partial charge in [-0.2, -0.15) is 5.26 Å². The van der Waals surface area contributed by atoms with E-state index in [2.05, 4.69) is 11.4 Å². The van der Waals surface area contributed by atoms with Crippen LogP contribution in [0.4, 0.5) is 0 Å². The van der Waals surface area contributed by atoms with E-state index >= 15 is 0 Å². The Balaban J connectivity index is 2.61. The summed E-state index contributed by atoms with van der Waals surface area (Å²) in [5, 5.41) is 12.9. The average Bonchev–Trinajstić information content (AvgIpc) is 2.45. The zero-order chi connectivity index (χ0) is 15.7. The van der Waals surface area contributed by atoms with Crippen molar-refractivity contribution in [2.24, 2.45) is 5.41 Å². The summed E-state index contributed by atoms with van der Waals surface area (Å²) in [6.07, 6.45) is 0.673. The van der Waals surface area contributed by atoms with E-state index in [1.807, 2.05) is 32.0 Å². The molecule has 21 heavy (non-hydrogen) atoms. The molecule has 0 aliphatic carbocycles. The van der Waals surface area contributed by atoms with Crippen LogP contribution in [0, 0.1) is 16.7 Å². The quantitative estimate of drug-likeness (QED) is 0.710. The molecule has 1 rings (SSSR count). The van der Waals surface area contributed by atoms with Gasteiger partial charge in [-0.05, 0) is 32.4 Å². The van der Waals surface area contributed by atoms with Crippen LogP contribution < -0.4 is 10.1 Å². The van der Waals surface area contributed by atoms with E-state index in [0.29, 0.717) is 31.2 Å². The number of hydrogen-bond acceptors (Lipinski definition) is 4. The maximum Gasteiger partial charge on any atom is 0.125 e. The zero-order valence-electron chi connectivity index (χ0n) is 12.9. The second-order valence-corrected chi connectivity index (χ2v) is 5.89. The molecule has 0 radical (unpaired) electrons. The summed E-state index contributed by atoms with van der Waals surface area (Å²) in [7, 11) is 1.67. The van der Waals surface area contributed by atoms with Crippen LogP contribution in [0.15, 0.2) is 18.2 Å². The molecule has 0 aliphatic rings. The van der Waals surface area contributed by atoms with Gasteiger partial charge in [0.2, 0.25) is 0 Å². The Morgan fingerprint density at radius 3 is 2.76 bits per heavy atom. The lowest BCUT2D eigenvalue weighted by atomic mass is 9.92. The summed E-state index contributed by atoms with van der Waals surface area (Å²) in [5.41, 5.74) is 0.556. The lowest BCUT2D eigenvalue weighted by Gasteiger charge is -2.17. The maximum absolute atomic E-state index is 9.01. The van der Waals surface area contributed by atoms with Crippen molar-refractivity contribution in [3.8, 4) is 11.8 Å². The first-order valence-corrected chi connectivity index (χ1v) is 7.39. The van der Waals surface area contributed by atoms with Crippen LogP contribution in [0.2, 0.25) is 5.02 Å². The highest BCUT2D eigenvalue weighted by Crippen LogP contribution is 2.27. The largest absolute Gasteiger partial charge is 0.493 e. The van der Waals surface area contributed by atoms with Gasteiger partial charge < -0.3 is 14.8 Å². The number of ether oxygens (including phenoxy) is 2. The van der Waals surface area contributed by atoms with Crippen LogP contribution in [-0.4, -0.2) is 26.9 Å². The van der Waals surface area contributed by atoms with Crippen LogP contribution in [0.1, 0.15) is 25.8 Å². The SMILES string of the molecule is COCCNCc1c(Cl)cccc1OCCC(C)(C)C#N. The van der Waals surface area contributed by atoms with Crippen LogP contribution in [0.5, 0.6) is 5.75 Å². The molecule has 0 atom stereocenters. The molecule has 1 aromatic carbocycles. The van der Waals surface area contributed by atoms with Crippen LogP contribution in [0.3, 0.4) is 0 Å². The molecule has 0 bridgehead atoms. The summed E-state index contributed by atoms with van der Waals surface area (Å²) in [6, 6.07) is 7.89. The highest BCUT2D eigenvalue weighted by molar-refractivity contribution is 6.31. The standard InChI is InChI=1S/C16H23ClN2O2/c1-16(2,12-18)7-9-21-15-6-4-5-14(17)13(15)11-19-8-10-20-3/h4-6,19H,7-11H2,1-3H3. The molecule has 4 nitrogen and oxygen atoms in total. The minimum absolute atomic E-state index is 0.380. The normalized spacial score (nSPS) is 11.2. The van der Waals surface area contributed by atoms with Gasteiger partial charge in [0, 0.05) is 30.8 Å². The molecule has 1 aromatic rings. The Morgan fingerprint density at radius 2 is 2.10 bits per heavy atom. The molecular formula is C16H23ClN2O2. The fraction of sp³-hybridized carbons (Fsp3) is 0.562. The van der Waals surface area contributed by atoms with Crippen LogP contribution in [0.25, 0.3) is 0 Å². The van der Waals surface area contributed by atoms with E-state index < -0.39 is 0 Å². The van der Waals surface area contributed by atoms with Crippen LogP contribution in [-0.2, 0) is 11.3 Å². The van der Waals surface area contributed by atoms with E-state index in [-0.39, 0.29) is 5.41 Å².